The summed E-state index contributed by atoms with van der Waals surface area (Å²) in [6, 6.07) is 13.7. The van der Waals surface area contributed by atoms with Crippen LogP contribution in [0.4, 0.5) is 4.39 Å². The highest BCUT2D eigenvalue weighted by Gasteiger charge is 2.24. The fourth-order valence-electron chi connectivity index (χ4n) is 4.32. The molecule has 1 aliphatic rings. The van der Waals surface area contributed by atoms with Gasteiger partial charge in [-0.15, -0.1) is 0 Å². The lowest BCUT2D eigenvalue weighted by molar-refractivity contribution is 0.0950. The van der Waals surface area contributed by atoms with Gasteiger partial charge in [0.25, 0.3) is 5.56 Å². The van der Waals surface area contributed by atoms with Crippen LogP contribution < -0.4 is 11.2 Å². The smallest absolute Gasteiger partial charge is 0.337 e. The van der Waals surface area contributed by atoms with Crippen molar-refractivity contribution in [3.8, 4) is 5.69 Å². The molecule has 0 N–H and O–H groups in total. The molecule has 0 amide bonds. The highest BCUT2D eigenvalue weighted by molar-refractivity contribution is 5.73. The predicted octanol–water partition coefficient (Wildman–Crippen LogP) is 3.02. The number of aromatic nitrogens is 4. The molecule has 5 rings (SSSR count). The van der Waals surface area contributed by atoms with Crippen LogP contribution >= 0.6 is 0 Å². The van der Waals surface area contributed by atoms with Gasteiger partial charge in [0.15, 0.2) is 11.2 Å². The minimum atomic E-state index is -0.441. The first kappa shape index (κ1) is 20.4. The monoisotopic (exact) mass is 434 g/mol. The van der Waals surface area contributed by atoms with E-state index in [9.17, 15) is 14.0 Å². The van der Waals surface area contributed by atoms with E-state index < -0.39 is 11.2 Å². The molecule has 32 heavy (non-hydrogen) atoms. The molecule has 3 heterocycles. The fraction of sp³-hybridized carbons (Fsp3) is 0.292. The Labute approximate surface area is 183 Å². The van der Waals surface area contributed by atoms with Crippen LogP contribution in [0.25, 0.3) is 16.9 Å². The summed E-state index contributed by atoms with van der Waals surface area (Å²) in [6.07, 6.45) is 3.06. The third-order valence-corrected chi connectivity index (χ3v) is 5.91. The molecule has 1 aliphatic heterocycles. The van der Waals surface area contributed by atoms with Crippen molar-refractivity contribution in [1.29, 1.82) is 0 Å². The van der Waals surface area contributed by atoms with E-state index in [1.807, 2.05) is 31.2 Å². The third-order valence-electron chi connectivity index (χ3n) is 5.91. The SMILES string of the molecule is Cc1ccccc1-n1c(=O)n(C[C@H]2CCCO2)c(=O)c2c1ncn2Cc1cccc(F)c1. The lowest BCUT2D eigenvalue weighted by Gasteiger charge is -2.16. The highest BCUT2D eigenvalue weighted by atomic mass is 19.1. The molecule has 1 saturated heterocycles. The molecular weight excluding hydrogens is 411 g/mol. The van der Waals surface area contributed by atoms with Gasteiger partial charge in [0.2, 0.25) is 0 Å². The highest BCUT2D eigenvalue weighted by Crippen LogP contribution is 2.19. The maximum absolute atomic E-state index is 13.7. The van der Waals surface area contributed by atoms with Gasteiger partial charge in [-0.3, -0.25) is 9.36 Å². The van der Waals surface area contributed by atoms with Crippen molar-refractivity contribution in [2.45, 2.75) is 39.0 Å². The van der Waals surface area contributed by atoms with Crippen LogP contribution in [0.1, 0.15) is 24.0 Å². The van der Waals surface area contributed by atoms with E-state index in [0.29, 0.717) is 23.4 Å². The number of fused-ring (bicyclic) bond motifs is 1. The van der Waals surface area contributed by atoms with Crippen molar-refractivity contribution >= 4 is 11.2 Å². The van der Waals surface area contributed by atoms with Crippen LogP contribution in [0, 0.1) is 12.7 Å². The number of halogens is 1. The van der Waals surface area contributed by atoms with Crippen LogP contribution in [0.2, 0.25) is 0 Å². The zero-order valence-electron chi connectivity index (χ0n) is 17.7. The number of rotatable bonds is 5. The number of hydrogen-bond acceptors (Lipinski definition) is 4. The molecule has 0 spiro atoms. The summed E-state index contributed by atoms with van der Waals surface area (Å²) in [5.41, 5.74) is 1.98. The second-order valence-electron chi connectivity index (χ2n) is 8.13. The Morgan fingerprint density at radius 2 is 2.00 bits per heavy atom. The molecule has 8 heteroatoms. The van der Waals surface area contributed by atoms with Crippen LogP contribution in [0.3, 0.4) is 0 Å². The van der Waals surface area contributed by atoms with Gasteiger partial charge in [-0.05, 0) is 49.1 Å². The quantitative estimate of drug-likeness (QED) is 0.484. The first-order valence-corrected chi connectivity index (χ1v) is 10.7. The van der Waals surface area contributed by atoms with Crippen LogP contribution in [0.5, 0.6) is 0 Å². The first-order valence-electron chi connectivity index (χ1n) is 10.7. The number of nitrogens with zero attached hydrogens (tertiary/aromatic N) is 4. The van der Waals surface area contributed by atoms with E-state index in [1.165, 1.54) is 27.6 Å². The van der Waals surface area contributed by atoms with Crippen molar-refractivity contribution < 1.29 is 9.13 Å². The Hall–Kier alpha value is -3.52. The molecule has 1 atom stereocenters. The molecule has 0 aliphatic carbocycles. The zero-order valence-corrected chi connectivity index (χ0v) is 17.7. The zero-order chi connectivity index (χ0) is 22.2. The van der Waals surface area contributed by atoms with Gasteiger partial charge in [-0.25, -0.2) is 18.7 Å². The average Bonchev–Trinajstić information content (AvgIpc) is 3.43. The maximum Gasteiger partial charge on any atom is 0.337 e. The Morgan fingerprint density at radius 1 is 1.16 bits per heavy atom. The second kappa shape index (κ2) is 8.20. The molecule has 0 unspecified atom stereocenters. The van der Waals surface area contributed by atoms with Crippen LogP contribution in [-0.4, -0.2) is 31.4 Å². The molecule has 2 aromatic carbocycles. The summed E-state index contributed by atoms with van der Waals surface area (Å²) in [7, 11) is 0. The lowest BCUT2D eigenvalue weighted by atomic mass is 10.2. The number of imidazole rings is 1. The lowest BCUT2D eigenvalue weighted by Crippen LogP contribution is -2.42. The van der Waals surface area contributed by atoms with Crippen molar-refractivity contribution in [3.05, 3.63) is 92.6 Å². The summed E-state index contributed by atoms with van der Waals surface area (Å²) >= 11 is 0. The van der Waals surface area contributed by atoms with E-state index in [1.54, 1.807) is 16.7 Å². The Balaban J connectivity index is 1.75. The van der Waals surface area contributed by atoms with Gasteiger partial charge in [0.1, 0.15) is 5.82 Å². The van der Waals surface area contributed by atoms with Gasteiger partial charge >= 0.3 is 5.69 Å². The predicted molar refractivity (Wildman–Crippen MR) is 119 cm³/mol. The number of benzene rings is 2. The van der Waals surface area contributed by atoms with Gasteiger partial charge in [0.05, 0.1) is 24.7 Å². The molecule has 164 valence electrons. The molecular formula is C24H23FN4O3. The number of aryl methyl sites for hydroxylation is 1. The van der Waals surface area contributed by atoms with E-state index in [2.05, 4.69) is 4.98 Å². The molecule has 0 radical (unpaired) electrons. The first-order chi connectivity index (χ1) is 15.5. The Bertz CT molecular complexity index is 1410. The van der Waals surface area contributed by atoms with Gasteiger partial charge < -0.3 is 9.30 Å². The van der Waals surface area contributed by atoms with Gasteiger partial charge in [0, 0.05) is 13.2 Å². The molecule has 7 nitrogen and oxygen atoms in total. The fourth-order valence-corrected chi connectivity index (χ4v) is 4.32. The minimum absolute atomic E-state index is 0.178. The van der Waals surface area contributed by atoms with Crippen molar-refractivity contribution in [2.75, 3.05) is 6.61 Å². The number of ether oxygens (including phenoxy) is 1. The average molecular weight is 434 g/mol. The van der Waals surface area contributed by atoms with Crippen molar-refractivity contribution in [2.24, 2.45) is 0 Å². The van der Waals surface area contributed by atoms with E-state index >= 15 is 0 Å². The molecule has 2 aromatic heterocycles. The number of hydrogen-bond donors (Lipinski definition) is 0. The van der Waals surface area contributed by atoms with Gasteiger partial charge in [-0.2, -0.15) is 0 Å². The summed E-state index contributed by atoms with van der Waals surface area (Å²) in [5, 5.41) is 0. The van der Waals surface area contributed by atoms with E-state index in [0.717, 1.165) is 18.4 Å². The van der Waals surface area contributed by atoms with Crippen molar-refractivity contribution in [1.82, 2.24) is 18.7 Å². The second-order valence-corrected chi connectivity index (χ2v) is 8.13. The Morgan fingerprint density at radius 3 is 2.75 bits per heavy atom. The molecule has 0 bridgehead atoms. The molecule has 4 aromatic rings. The summed E-state index contributed by atoms with van der Waals surface area (Å²) in [6.45, 7) is 2.98. The number of para-hydroxylation sites is 1. The largest absolute Gasteiger partial charge is 0.376 e. The maximum atomic E-state index is 13.7. The van der Waals surface area contributed by atoms with Crippen molar-refractivity contribution in [3.63, 3.8) is 0 Å². The topological polar surface area (TPSA) is 71.1 Å². The molecule has 0 saturated carbocycles. The van der Waals surface area contributed by atoms with Crippen LogP contribution in [-0.2, 0) is 17.8 Å². The Kier molecular flexibility index (Phi) is 5.22. The summed E-state index contributed by atoms with van der Waals surface area (Å²) < 4.78 is 23.8. The third kappa shape index (κ3) is 3.56. The van der Waals surface area contributed by atoms with E-state index in [-0.39, 0.29) is 30.7 Å². The molecule has 1 fully saturated rings. The van der Waals surface area contributed by atoms with E-state index in [4.69, 9.17) is 4.74 Å². The van der Waals surface area contributed by atoms with Gasteiger partial charge in [-0.1, -0.05) is 30.3 Å². The summed E-state index contributed by atoms with van der Waals surface area (Å²) in [4.78, 5) is 31.5. The standard InChI is InChI=1S/C24H23FN4O3/c1-16-6-2-3-10-20(16)29-22-21(23(30)28(24(29)31)14-19-9-5-11-32-19)27(15-26-22)13-17-7-4-8-18(25)12-17/h2-4,6-8,10,12,15,19H,5,9,11,13-14H2,1H3/t19-/m1/s1. The summed E-state index contributed by atoms with van der Waals surface area (Å²) in [5.74, 6) is -0.348. The normalized spacial score (nSPS) is 16.1. The van der Waals surface area contributed by atoms with Crippen LogP contribution in [0.15, 0.2) is 64.4 Å². The minimum Gasteiger partial charge on any atom is -0.376 e.